The standard InChI is InChI=1S/C7H13NO2/c1-8-5-6(8)3-4-7(9)10-2/h6H,3-5H2,1-2H3. The third-order valence-electron chi connectivity index (χ3n) is 1.90. The van der Waals surface area contributed by atoms with Gasteiger partial charge in [-0.2, -0.15) is 0 Å². The summed E-state index contributed by atoms with van der Waals surface area (Å²) in [5.74, 6) is -0.0969. The Hall–Kier alpha value is -0.570. The molecule has 0 radical (unpaired) electrons. The molecule has 0 spiro atoms. The normalized spacial score (nSPS) is 29.8. The van der Waals surface area contributed by atoms with Gasteiger partial charge in [-0.15, -0.1) is 0 Å². The molecule has 0 N–H and O–H groups in total. The SMILES string of the molecule is COC(=O)CCC1CN1C. The van der Waals surface area contributed by atoms with Gasteiger partial charge in [0.25, 0.3) is 0 Å². The van der Waals surface area contributed by atoms with Gasteiger partial charge in [-0.3, -0.25) is 4.79 Å². The summed E-state index contributed by atoms with van der Waals surface area (Å²) < 4.78 is 4.51. The molecule has 1 rings (SSSR count). The Morgan fingerprint density at radius 3 is 2.80 bits per heavy atom. The Balaban J connectivity index is 2.00. The number of rotatable bonds is 3. The Kier molecular flexibility index (Phi) is 2.27. The molecule has 2 atom stereocenters. The molecule has 58 valence electrons. The average molecular weight is 143 g/mol. The topological polar surface area (TPSA) is 29.3 Å². The highest BCUT2D eigenvalue weighted by Crippen LogP contribution is 2.18. The molecule has 1 fully saturated rings. The van der Waals surface area contributed by atoms with Crippen molar-refractivity contribution in [3.63, 3.8) is 0 Å². The second kappa shape index (κ2) is 3.01. The minimum atomic E-state index is -0.0969. The summed E-state index contributed by atoms with van der Waals surface area (Å²) in [6, 6.07) is 0.638. The van der Waals surface area contributed by atoms with Crippen LogP contribution in [-0.2, 0) is 9.53 Å². The molecule has 3 heteroatoms. The van der Waals surface area contributed by atoms with E-state index in [9.17, 15) is 4.79 Å². The molecule has 0 aromatic rings. The van der Waals surface area contributed by atoms with E-state index in [0.29, 0.717) is 12.5 Å². The van der Waals surface area contributed by atoms with Crippen molar-refractivity contribution in [1.29, 1.82) is 0 Å². The molecule has 0 bridgehead atoms. The van der Waals surface area contributed by atoms with Gasteiger partial charge in [-0.25, -0.2) is 0 Å². The number of methoxy groups -OCH3 is 1. The van der Waals surface area contributed by atoms with Gasteiger partial charge in [0.2, 0.25) is 0 Å². The second-order valence-corrected chi connectivity index (χ2v) is 2.71. The Bertz CT molecular complexity index is 136. The van der Waals surface area contributed by atoms with Crippen molar-refractivity contribution in [3.05, 3.63) is 0 Å². The molecular formula is C7H13NO2. The van der Waals surface area contributed by atoms with Gasteiger partial charge in [-0.05, 0) is 13.5 Å². The largest absolute Gasteiger partial charge is 0.469 e. The molecule has 0 amide bonds. The number of nitrogens with zero attached hydrogens (tertiary/aromatic N) is 1. The van der Waals surface area contributed by atoms with E-state index in [4.69, 9.17) is 0 Å². The minimum Gasteiger partial charge on any atom is -0.469 e. The third-order valence-corrected chi connectivity index (χ3v) is 1.90. The number of carbonyl (C=O) groups is 1. The molecule has 0 saturated carbocycles. The predicted molar refractivity (Wildman–Crippen MR) is 37.7 cm³/mol. The van der Waals surface area contributed by atoms with Crippen LogP contribution in [0.3, 0.4) is 0 Å². The smallest absolute Gasteiger partial charge is 0.305 e. The summed E-state index contributed by atoms with van der Waals surface area (Å²) in [7, 11) is 3.49. The quantitative estimate of drug-likeness (QED) is 0.419. The van der Waals surface area contributed by atoms with Crippen LogP contribution in [0.15, 0.2) is 0 Å². The first-order valence-corrected chi connectivity index (χ1v) is 3.51. The van der Waals surface area contributed by atoms with Gasteiger partial charge < -0.3 is 9.64 Å². The Morgan fingerprint density at radius 1 is 1.80 bits per heavy atom. The lowest BCUT2D eigenvalue weighted by Crippen LogP contribution is -2.03. The highest BCUT2D eigenvalue weighted by Gasteiger charge is 2.29. The zero-order valence-corrected chi connectivity index (χ0v) is 6.46. The maximum absolute atomic E-state index is 10.6. The molecule has 0 aromatic heterocycles. The number of likely N-dealkylation sites (N-methyl/N-ethyl adjacent to an activating group) is 1. The van der Waals surface area contributed by atoms with E-state index in [0.717, 1.165) is 13.0 Å². The lowest BCUT2D eigenvalue weighted by Gasteiger charge is -1.96. The van der Waals surface area contributed by atoms with Crippen LogP contribution >= 0.6 is 0 Å². The zero-order chi connectivity index (χ0) is 7.56. The molecule has 3 nitrogen and oxygen atoms in total. The van der Waals surface area contributed by atoms with Crippen LogP contribution in [0, 0.1) is 0 Å². The van der Waals surface area contributed by atoms with Gasteiger partial charge >= 0.3 is 5.97 Å². The monoisotopic (exact) mass is 143 g/mol. The number of hydrogen-bond donors (Lipinski definition) is 0. The summed E-state index contributed by atoms with van der Waals surface area (Å²) >= 11 is 0. The highest BCUT2D eigenvalue weighted by molar-refractivity contribution is 5.69. The molecule has 0 aromatic carbocycles. The fourth-order valence-corrected chi connectivity index (χ4v) is 0.983. The third kappa shape index (κ3) is 1.99. The molecule has 2 unspecified atom stereocenters. The van der Waals surface area contributed by atoms with Crippen molar-refractivity contribution >= 4 is 5.97 Å². The van der Waals surface area contributed by atoms with Crippen molar-refractivity contribution in [2.45, 2.75) is 18.9 Å². The van der Waals surface area contributed by atoms with Gasteiger partial charge in [0.1, 0.15) is 0 Å². The summed E-state index contributed by atoms with van der Waals surface area (Å²) in [6.45, 7) is 1.14. The first-order valence-electron chi connectivity index (χ1n) is 3.51. The summed E-state index contributed by atoms with van der Waals surface area (Å²) in [5.41, 5.74) is 0. The van der Waals surface area contributed by atoms with Crippen LogP contribution in [0.5, 0.6) is 0 Å². The van der Waals surface area contributed by atoms with Crippen LogP contribution in [0.4, 0.5) is 0 Å². The lowest BCUT2D eigenvalue weighted by molar-refractivity contribution is -0.140. The number of hydrogen-bond acceptors (Lipinski definition) is 3. The molecule has 1 saturated heterocycles. The Labute approximate surface area is 61.0 Å². The van der Waals surface area contributed by atoms with E-state index in [1.165, 1.54) is 7.11 Å². The number of ether oxygens (including phenoxy) is 1. The average Bonchev–Trinajstić information content (AvgIpc) is 2.61. The lowest BCUT2D eigenvalue weighted by atomic mass is 10.2. The molecule has 1 heterocycles. The first-order chi connectivity index (χ1) is 4.74. The number of esters is 1. The van der Waals surface area contributed by atoms with E-state index < -0.39 is 0 Å². The molecule has 10 heavy (non-hydrogen) atoms. The van der Waals surface area contributed by atoms with Crippen molar-refractivity contribution in [2.24, 2.45) is 0 Å². The maximum Gasteiger partial charge on any atom is 0.305 e. The van der Waals surface area contributed by atoms with Crippen molar-refractivity contribution in [3.8, 4) is 0 Å². The van der Waals surface area contributed by atoms with Gasteiger partial charge in [0.05, 0.1) is 7.11 Å². The van der Waals surface area contributed by atoms with E-state index in [2.05, 4.69) is 16.7 Å². The minimum absolute atomic E-state index is 0.0969. The highest BCUT2D eigenvalue weighted by atomic mass is 16.5. The fraction of sp³-hybridized carbons (Fsp3) is 0.857. The zero-order valence-electron chi connectivity index (χ0n) is 6.46. The Morgan fingerprint density at radius 2 is 2.40 bits per heavy atom. The van der Waals surface area contributed by atoms with Crippen LogP contribution in [0.2, 0.25) is 0 Å². The fourth-order valence-electron chi connectivity index (χ4n) is 0.983. The summed E-state index contributed by atoms with van der Waals surface area (Å²) in [5, 5.41) is 0. The second-order valence-electron chi connectivity index (χ2n) is 2.71. The van der Waals surface area contributed by atoms with Gasteiger partial charge in [0, 0.05) is 19.0 Å². The van der Waals surface area contributed by atoms with E-state index in [-0.39, 0.29) is 5.97 Å². The first kappa shape index (κ1) is 7.54. The van der Waals surface area contributed by atoms with Crippen LogP contribution < -0.4 is 0 Å². The molecular weight excluding hydrogens is 130 g/mol. The van der Waals surface area contributed by atoms with E-state index in [1.807, 2.05) is 0 Å². The molecule has 1 aliphatic heterocycles. The van der Waals surface area contributed by atoms with Crippen LogP contribution in [0.1, 0.15) is 12.8 Å². The number of carbonyl (C=O) groups excluding carboxylic acids is 1. The molecule has 1 aliphatic rings. The predicted octanol–water partition coefficient (Wildman–Crippen LogP) is 0.254. The van der Waals surface area contributed by atoms with Crippen molar-refractivity contribution < 1.29 is 9.53 Å². The summed E-state index contributed by atoms with van der Waals surface area (Å²) in [6.07, 6.45) is 1.51. The van der Waals surface area contributed by atoms with E-state index >= 15 is 0 Å². The van der Waals surface area contributed by atoms with Crippen LogP contribution in [-0.4, -0.2) is 37.6 Å². The summed E-state index contributed by atoms with van der Waals surface area (Å²) in [4.78, 5) is 12.8. The van der Waals surface area contributed by atoms with Gasteiger partial charge in [0.15, 0.2) is 0 Å². The van der Waals surface area contributed by atoms with E-state index in [1.54, 1.807) is 0 Å². The van der Waals surface area contributed by atoms with Gasteiger partial charge in [-0.1, -0.05) is 0 Å². The molecule has 0 aliphatic carbocycles. The van der Waals surface area contributed by atoms with Crippen molar-refractivity contribution in [2.75, 3.05) is 20.7 Å². The van der Waals surface area contributed by atoms with Crippen LogP contribution in [0.25, 0.3) is 0 Å². The van der Waals surface area contributed by atoms with Crippen molar-refractivity contribution in [1.82, 2.24) is 4.90 Å². The maximum atomic E-state index is 10.6.